The molecule has 50 heavy (non-hydrogen) atoms. The van der Waals surface area contributed by atoms with E-state index in [1.165, 1.54) is 49.0 Å². The summed E-state index contributed by atoms with van der Waals surface area (Å²) < 4.78 is 4.75. The van der Waals surface area contributed by atoms with Crippen molar-refractivity contribution in [2.24, 2.45) is 0 Å². The summed E-state index contributed by atoms with van der Waals surface area (Å²) in [7, 11) is 0. The predicted octanol–water partition coefficient (Wildman–Crippen LogP) is 13.1. The Morgan fingerprint density at radius 1 is 0.540 bits per heavy atom. The number of para-hydroxylation sites is 3. The van der Waals surface area contributed by atoms with Crippen LogP contribution >= 0.6 is 0 Å². The van der Waals surface area contributed by atoms with E-state index >= 15 is 0 Å². The third-order valence-electron chi connectivity index (χ3n) is 9.13. The maximum Gasteiger partial charge on any atom is 0.0547 e. The fourth-order valence-corrected chi connectivity index (χ4v) is 6.83. The van der Waals surface area contributed by atoms with Gasteiger partial charge in [-0.05, 0) is 96.1 Å². The summed E-state index contributed by atoms with van der Waals surface area (Å²) in [5.41, 5.74) is 10.1. The second kappa shape index (κ2) is 13.9. The number of hydrogen-bond acceptors (Lipinski definition) is 1. The fourth-order valence-electron chi connectivity index (χ4n) is 6.83. The molecule has 242 valence electrons. The van der Waals surface area contributed by atoms with Crippen LogP contribution in [-0.4, -0.2) is 9.13 Å². The van der Waals surface area contributed by atoms with Gasteiger partial charge in [-0.1, -0.05) is 117 Å². The van der Waals surface area contributed by atoms with Crippen molar-refractivity contribution < 1.29 is 0 Å². The molecule has 0 radical (unpaired) electrons. The second-order valence-corrected chi connectivity index (χ2v) is 12.0. The Hall–Kier alpha value is -6.58. The van der Waals surface area contributed by atoms with Gasteiger partial charge in [0.2, 0.25) is 0 Å². The van der Waals surface area contributed by atoms with Crippen LogP contribution < -0.4 is 5.32 Å². The molecular formula is C47H39N3. The van der Waals surface area contributed by atoms with E-state index in [0.717, 1.165) is 33.7 Å². The largest absolute Gasteiger partial charge is 0.355 e. The molecule has 0 spiro atoms. The molecule has 0 unspecified atom stereocenters. The fraction of sp³-hybridized carbons (Fsp3) is 0.0213. The average molecular weight is 646 g/mol. The molecule has 2 heterocycles. The van der Waals surface area contributed by atoms with Crippen molar-refractivity contribution in [3.8, 4) is 11.4 Å². The average Bonchev–Trinajstić information content (AvgIpc) is 3.67. The molecule has 8 aromatic rings. The van der Waals surface area contributed by atoms with Crippen LogP contribution in [0.3, 0.4) is 0 Å². The second-order valence-electron chi connectivity index (χ2n) is 12.0. The van der Waals surface area contributed by atoms with Crippen LogP contribution in [0.15, 0.2) is 190 Å². The Bertz CT molecular complexity index is 2580. The van der Waals surface area contributed by atoms with Crippen LogP contribution in [0, 0.1) is 0 Å². The van der Waals surface area contributed by atoms with Crippen LogP contribution in [-0.2, 0) is 0 Å². The van der Waals surface area contributed by atoms with Crippen LogP contribution in [0.25, 0.3) is 71.8 Å². The number of benzene rings is 6. The van der Waals surface area contributed by atoms with Gasteiger partial charge < -0.3 is 14.5 Å². The summed E-state index contributed by atoms with van der Waals surface area (Å²) in [5.74, 6) is 0. The quantitative estimate of drug-likeness (QED) is 0.163. The van der Waals surface area contributed by atoms with Gasteiger partial charge in [-0.2, -0.15) is 0 Å². The van der Waals surface area contributed by atoms with E-state index in [9.17, 15) is 0 Å². The molecule has 0 saturated carbocycles. The molecular weight excluding hydrogens is 607 g/mol. The Morgan fingerprint density at radius 3 is 1.54 bits per heavy atom. The molecule has 0 amide bonds. The van der Waals surface area contributed by atoms with E-state index in [2.05, 4.69) is 168 Å². The van der Waals surface area contributed by atoms with Gasteiger partial charge in [-0.25, -0.2) is 0 Å². The number of aromatic nitrogens is 2. The number of anilines is 1. The van der Waals surface area contributed by atoms with Gasteiger partial charge in [0.25, 0.3) is 0 Å². The Balaban J connectivity index is 0.000000932. The highest BCUT2D eigenvalue weighted by molar-refractivity contribution is 6.14. The Morgan fingerprint density at radius 2 is 1.04 bits per heavy atom. The first-order valence-corrected chi connectivity index (χ1v) is 16.8. The zero-order valence-corrected chi connectivity index (χ0v) is 28.3. The molecule has 6 aromatic carbocycles. The van der Waals surface area contributed by atoms with Crippen LogP contribution in [0.4, 0.5) is 5.69 Å². The number of nitrogens with zero attached hydrogens (tertiary/aromatic N) is 2. The molecule has 1 N–H and O–H groups in total. The molecule has 0 saturated heterocycles. The van der Waals surface area contributed by atoms with Gasteiger partial charge in [0.05, 0.1) is 22.1 Å². The standard InChI is InChI=1S/C43H33N3.C4H6/c1-4-7-14-32(6-3)44-39-27-31-28-43-38(26-30(31)25-29(39)5-2)37-17-10-13-20-42(37)46(43)34-23-21-33(22-24-34)45-40-18-11-8-15-35(40)36-16-9-12-19-41(36)45;1-3-4-2/h4-28,44H,1-2H2,3H3;3-4H,1-2H2/b14-7-,32-6+;. The van der Waals surface area contributed by atoms with E-state index in [0.29, 0.717) is 0 Å². The lowest BCUT2D eigenvalue weighted by Crippen LogP contribution is -1.99. The van der Waals surface area contributed by atoms with Gasteiger partial charge in [-0.3, -0.25) is 0 Å². The van der Waals surface area contributed by atoms with Crippen molar-refractivity contribution in [3.05, 3.63) is 195 Å². The predicted molar refractivity (Wildman–Crippen MR) is 220 cm³/mol. The molecule has 3 heteroatoms. The highest BCUT2D eigenvalue weighted by atomic mass is 15.0. The highest BCUT2D eigenvalue weighted by Gasteiger charge is 2.16. The molecule has 0 bridgehead atoms. The minimum atomic E-state index is 1.00. The normalized spacial score (nSPS) is 11.7. The third-order valence-corrected chi connectivity index (χ3v) is 9.13. The van der Waals surface area contributed by atoms with E-state index in [-0.39, 0.29) is 0 Å². The van der Waals surface area contributed by atoms with Crippen molar-refractivity contribution in [3.63, 3.8) is 0 Å². The lowest BCUT2D eigenvalue weighted by atomic mass is 10.0. The SMILES string of the molecule is C=C/C=C\C(=C/C)Nc1cc2cc3c(cc2cc1C=C)c1ccccc1n3-c1ccc(-n2c3ccccc3c3ccccc32)cc1.C=CC=C. The number of allylic oxidation sites excluding steroid dienone is 6. The van der Waals surface area contributed by atoms with Gasteiger partial charge in [-0.15, -0.1) is 0 Å². The smallest absolute Gasteiger partial charge is 0.0547 e. The van der Waals surface area contributed by atoms with E-state index in [4.69, 9.17) is 0 Å². The highest BCUT2D eigenvalue weighted by Crippen LogP contribution is 2.38. The van der Waals surface area contributed by atoms with E-state index in [1.807, 2.05) is 25.2 Å². The molecule has 0 aliphatic heterocycles. The summed E-state index contributed by atoms with van der Waals surface area (Å²) in [4.78, 5) is 0. The zero-order valence-electron chi connectivity index (χ0n) is 28.3. The Labute approximate surface area is 293 Å². The lowest BCUT2D eigenvalue weighted by molar-refractivity contribution is 1.15. The van der Waals surface area contributed by atoms with Crippen molar-refractivity contribution in [1.82, 2.24) is 9.13 Å². The molecule has 0 aliphatic carbocycles. The maximum absolute atomic E-state index is 4.11. The molecule has 0 aliphatic rings. The number of hydrogen-bond donors (Lipinski definition) is 1. The summed E-state index contributed by atoms with van der Waals surface area (Å²) in [6, 6.07) is 44.0. The van der Waals surface area contributed by atoms with Crippen molar-refractivity contribution >= 4 is 66.1 Å². The monoisotopic (exact) mass is 645 g/mol. The topological polar surface area (TPSA) is 21.9 Å². The molecule has 2 aromatic heterocycles. The van der Waals surface area contributed by atoms with Gasteiger partial charge >= 0.3 is 0 Å². The molecule has 8 rings (SSSR count). The van der Waals surface area contributed by atoms with E-state index < -0.39 is 0 Å². The minimum Gasteiger partial charge on any atom is -0.355 e. The zero-order chi connectivity index (χ0) is 34.6. The first-order valence-electron chi connectivity index (χ1n) is 16.8. The minimum absolute atomic E-state index is 1.00. The van der Waals surface area contributed by atoms with Crippen LogP contribution in [0.2, 0.25) is 0 Å². The first-order chi connectivity index (χ1) is 24.6. The summed E-state index contributed by atoms with van der Waals surface area (Å²) in [6.45, 7) is 16.7. The van der Waals surface area contributed by atoms with Gasteiger partial charge in [0, 0.05) is 44.3 Å². The number of fused-ring (bicyclic) bond motifs is 7. The molecule has 3 nitrogen and oxygen atoms in total. The van der Waals surface area contributed by atoms with E-state index in [1.54, 1.807) is 18.2 Å². The Kier molecular flexibility index (Phi) is 8.88. The molecule has 0 atom stereocenters. The molecule has 0 fully saturated rings. The van der Waals surface area contributed by atoms with Gasteiger partial charge in [0.15, 0.2) is 0 Å². The summed E-state index contributed by atoms with van der Waals surface area (Å²) >= 11 is 0. The number of rotatable bonds is 8. The van der Waals surface area contributed by atoms with Crippen molar-refractivity contribution in [2.45, 2.75) is 6.92 Å². The van der Waals surface area contributed by atoms with Crippen LogP contribution in [0.1, 0.15) is 12.5 Å². The summed E-state index contributed by atoms with van der Waals surface area (Å²) in [6.07, 6.45) is 13.0. The number of nitrogens with one attached hydrogen (secondary N) is 1. The first kappa shape index (κ1) is 32.0. The third kappa shape index (κ3) is 5.65. The van der Waals surface area contributed by atoms with Crippen molar-refractivity contribution in [1.29, 1.82) is 0 Å². The summed E-state index contributed by atoms with van der Waals surface area (Å²) in [5, 5.41) is 10.9. The van der Waals surface area contributed by atoms with Crippen molar-refractivity contribution in [2.75, 3.05) is 5.32 Å². The van der Waals surface area contributed by atoms with Gasteiger partial charge in [0.1, 0.15) is 0 Å². The lowest BCUT2D eigenvalue weighted by Gasteiger charge is -2.14. The van der Waals surface area contributed by atoms with Crippen LogP contribution in [0.5, 0.6) is 0 Å². The maximum atomic E-state index is 4.11.